The van der Waals surface area contributed by atoms with Crippen LogP contribution in [0.25, 0.3) is 0 Å². The van der Waals surface area contributed by atoms with Crippen LogP contribution >= 0.6 is 11.3 Å². The number of anilines is 2. The molecule has 3 N–H and O–H groups in total. The molecule has 0 radical (unpaired) electrons. The number of benzene rings is 1. The summed E-state index contributed by atoms with van der Waals surface area (Å²) in [7, 11) is 1.51. The van der Waals surface area contributed by atoms with Crippen LogP contribution in [-0.2, 0) is 6.42 Å². The second-order valence-corrected chi connectivity index (χ2v) is 5.08. The largest absolute Gasteiger partial charge is 0.495 e. The molecule has 4 nitrogen and oxygen atoms in total. The fourth-order valence-electron chi connectivity index (χ4n) is 1.70. The average molecular weight is 281 g/mol. The van der Waals surface area contributed by atoms with Crippen molar-refractivity contribution in [2.45, 2.75) is 13.3 Å². The molecule has 0 saturated heterocycles. The Morgan fingerprint density at radius 3 is 2.89 bits per heavy atom. The van der Waals surface area contributed by atoms with Gasteiger partial charge in [0.2, 0.25) is 0 Å². The predicted octanol–water partition coefficient (Wildman–Crippen LogP) is 2.84. The van der Waals surface area contributed by atoms with Gasteiger partial charge in [0, 0.05) is 36.2 Å². The zero-order chi connectivity index (χ0) is 13.8. The molecule has 2 rings (SSSR count). The molecule has 1 aromatic carbocycles. The molecular formula is C13H16FN3OS. The molecule has 0 aliphatic rings. The zero-order valence-electron chi connectivity index (χ0n) is 10.9. The highest BCUT2D eigenvalue weighted by Gasteiger charge is 2.08. The van der Waals surface area contributed by atoms with Gasteiger partial charge in [0.05, 0.1) is 23.5 Å². The van der Waals surface area contributed by atoms with Gasteiger partial charge < -0.3 is 15.8 Å². The molecular weight excluding hydrogens is 265 g/mol. The van der Waals surface area contributed by atoms with Crippen LogP contribution in [0.1, 0.15) is 10.7 Å². The van der Waals surface area contributed by atoms with Crippen LogP contribution in [0.3, 0.4) is 0 Å². The van der Waals surface area contributed by atoms with Gasteiger partial charge in [-0.3, -0.25) is 0 Å². The van der Waals surface area contributed by atoms with Crippen LogP contribution in [0.4, 0.5) is 15.8 Å². The van der Waals surface area contributed by atoms with Crippen LogP contribution in [0.15, 0.2) is 17.5 Å². The first-order valence-electron chi connectivity index (χ1n) is 5.88. The molecule has 0 unspecified atom stereocenters. The highest BCUT2D eigenvalue weighted by atomic mass is 32.1. The number of nitrogens with one attached hydrogen (secondary N) is 1. The number of rotatable bonds is 5. The summed E-state index contributed by atoms with van der Waals surface area (Å²) in [5.74, 6) is 0.0858. The fraction of sp³-hybridized carbons (Fsp3) is 0.308. The van der Waals surface area contributed by atoms with Crippen molar-refractivity contribution in [2.24, 2.45) is 0 Å². The third-order valence-corrected chi connectivity index (χ3v) is 3.67. The molecule has 0 aliphatic heterocycles. The van der Waals surface area contributed by atoms with Gasteiger partial charge in [-0.05, 0) is 6.92 Å². The molecule has 0 atom stereocenters. The number of thiazole rings is 1. The van der Waals surface area contributed by atoms with Gasteiger partial charge in [-0.25, -0.2) is 9.37 Å². The van der Waals surface area contributed by atoms with Crippen LogP contribution in [0.2, 0.25) is 0 Å². The lowest BCUT2D eigenvalue weighted by atomic mass is 10.2. The molecule has 102 valence electrons. The third kappa shape index (κ3) is 3.35. The van der Waals surface area contributed by atoms with Crippen LogP contribution in [0, 0.1) is 12.7 Å². The highest BCUT2D eigenvalue weighted by molar-refractivity contribution is 7.09. The Hall–Kier alpha value is -1.82. The minimum absolute atomic E-state index is 0.293. The molecule has 0 amide bonds. The maximum absolute atomic E-state index is 13.7. The maximum atomic E-state index is 13.7. The lowest BCUT2D eigenvalue weighted by Crippen LogP contribution is -2.07. The monoisotopic (exact) mass is 281 g/mol. The molecule has 19 heavy (non-hydrogen) atoms. The highest BCUT2D eigenvalue weighted by Crippen LogP contribution is 2.28. The van der Waals surface area contributed by atoms with Crippen molar-refractivity contribution in [2.75, 3.05) is 24.7 Å². The normalized spacial score (nSPS) is 10.5. The molecule has 1 aromatic heterocycles. The number of nitrogens with zero attached hydrogens (tertiary/aromatic N) is 1. The molecule has 0 aliphatic carbocycles. The van der Waals surface area contributed by atoms with Crippen molar-refractivity contribution in [3.05, 3.63) is 34.0 Å². The van der Waals surface area contributed by atoms with E-state index in [9.17, 15) is 4.39 Å². The quantitative estimate of drug-likeness (QED) is 0.827. The number of hydrogen-bond donors (Lipinski definition) is 2. The topological polar surface area (TPSA) is 60.2 Å². The van der Waals surface area contributed by atoms with E-state index in [1.807, 2.05) is 12.3 Å². The average Bonchev–Trinajstić information content (AvgIpc) is 2.78. The lowest BCUT2D eigenvalue weighted by molar-refractivity contribution is 0.416. The minimum atomic E-state index is -0.381. The first-order chi connectivity index (χ1) is 9.10. The number of halogens is 1. The summed E-state index contributed by atoms with van der Waals surface area (Å²) in [4.78, 5) is 4.35. The summed E-state index contributed by atoms with van der Waals surface area (Å²) in [5.41, 5.74) is 7.32. The van der Waals surface area contributed by atoms with Gasteiger partial charge in [-0.2, -0.15) is 0 Å². The fourth-order valence-corrected chi connectivity index (χ4v) is 2.48. The van der Waals surface area contributed by atoms with Crippen molar-refractivity contribution in [1.82, 2.24) is 4.98 Å². The molecule has 2 aromatic rings. The summed E-state index contributed by atoms with van der Waals surface area (Å²) in [5, 5.41) is 6.07. The van der Waals surface area contributed by atoms with E-state index >= 15 is 0 Å². The number of methoxy groups -OCH3 is 1. The van der Waals surface area contributed by atoms with E-state index in [0.717, 1.165) is 17.1 Å². The molecule has 0 bridgehead atoms. The van der Waals surface area contributed by atoms with Gasteiger partial charge in [-0.15, -0.1) is 11.3 Å². The Labute approximate surface area is 115 Å². The Morgan fingerprint density at radius 1 is 1.47 bits per heavy atom. The van der Waals surface area contributed by atoms with Crippen molar-refractivity contribution in [1.29, 1.82) is 0 Å². The summed E-state index contributed by atoms with van der Waals surface area (Å²) in [6.07, 6.45) is 0.755. The van der Waals surface area contributed by atoms with Crippen molar-refractivity contribution in [3.8, 4) is 5.75 Å². The SMILES string of the molecule is COc1cc(NCCc2nc(C)cs2)c(F)cc1N. The Balaban J connectivity index is 1.99. The van der Waals surface area contributed by atoms with E-state index in [2.05, 4.69) is 10.3 Å². The first-order valence-corrected chi connectivity index (χ1v) is 6.76. The van der Waals surface area contributed by atoms with Gasteiger partial charge in [0.15, 0.2) is 0 Å². The molecule has 0 spiro atoms. The Morgan fingerprint density at radius 2 is 2.26 bits per heavy atom. The van der Waals surface area contributed by atoms with E-state index in [0.29, 0.717) is 23.7 Å². The van der Waals surface area contributed by atoms with Gasteiger partial charge in [0.1, 0.15) is 11.6 Å². The van der Waals surface area contributed by atoms with E-state index in [4.69, 9.17) is 10.5 Å². The first kappa shape index (κ1) is 13.6. The van der Waals surface area contributed by atoms with Crippen LogP contribution in [0.5, 0.6) is 5.75 Å². The number of nitrogens with two attached hydrogens (primary N) is 1. The summed E-state index contributed by atoms with van der Waals surface area (Å²) in [6, 6.07) is 2.83. The number of aromatic nitrogens is 1. The summed E-state index contributed by atoms with van der Waals surface area (Å²) >= 11 is 1.61. The third-order valence-electron chi connectivity index (χ3n) is 2.64. The van der Waals surface area contributed by atoms with E-state index < -0.39 is 0 Å². The van der Waals surface area contributed by atoms with Crippen molar-refractivity contribution < 1.29 is 9.13 Å². The van der Waals surface area contributed by atoms with E-state index in [1.54, 1.807) is 17.4 Å². The summed E-state index contributed by atoms with van der Waals surface area (Å²) < 4.78 is 18.8. The standard InChI is InChI=1S/C13H16FN3OS/c1-8-7-19-13(17-8)3-4-16-11-6-12(18-2)10(15)5-9(11)14/h5-7,16H,3-4,15H2,1-2H3. The minimum Gasteiger partial charge on any atom is -0.495 e. The van der Waals surface area contributed by atoms with E-state index in [-0.39, 0.29) is 5.82 Å². The zero-order valence-corrected chi connectivity index (χ0v) is 11.7. The summed E-state index contributed by atoms with van der Waals surface area (Å²) in [6.45, 7) is 2.56. The molecule has 6 heteroatoms. The Bertz CT molecular complexity index is 571. The second kappa shape index (κ2) is 5.88. The number of aryl methyl sites for hydroxylation is 1. The molecule has 1 heterocycles. The Kier molecular flexibility index (Phi) is 4.21. The number of ether oxygens (including phenoxy) is 1. The van der Waals surface area contributed by atoms with Crippen LogP contribution < -0.4 is 15.8 Å². The van der Waals surface area contributed by atoms with Gasteiger partial charge in [0.25, 0.3) is 0 Å². The van der Waals surface area contributed by atoms with Gasteiger partial charge >= 0.3 is 0 Å². The number of hydrogen-bond acceptors (Lipinski definition) is 5. The van der Waals surface area contributed by atoms with Crippen molar-refractivity contribution in [3.63, 3.8) is 0 Å². The predicted molar refractivity (Wildman–Crippen MR) is 76.4 cm³/mol. The number of nitrogen functional groups attached to an aromatic ring is 1. The van der Waals surface area contributed by atoms with Crippen LogP contribution in [-0.4, -0.2) is 18.6 Å². The van der Waals surface area contributed by atoms with Gasteiger partial charge in [-0.1, -0.05) is 0 Å². The van der Waals surface area contributed by atoms with Crippen molar-refractivity contribution >= 4 is 22.7 Å². The maximum Gasteiger partial charge on any atom is 0.148 e. The molecule has 0 fully saturated rings. The smallest absolute Gasteiger partial charge is 0.148 e. The second-order valence-electron chi connectivity index (χ2n) is 4.13. The van der Waals surface area contributed by atoms with E-state index in [1.165, 1.54) is 13.2 Å². The lowest BCUT2D eigenvalue weighted by Gasteiger charge is -2.10. The molecule has 0 saturated carbocycles.